The number of halogens is 1. The zero-order chi connectivity index (χ0) is 19.1. The first kappa shape index (κ1) is 18.9. The molecule has 0 unspecified atom stereocenters. The van der Waals surface area contributed by atoms with Crippen molar-refractivity contribution in [1.29, 1.82) is 0 Å². The molecule has 0 spiro atoms. The number of rotatable bonds is 7. The summed E-state index contributed by atoms with van der Waals surface area (Å²) in [6.45, 7) is 3.18. The third kappa shape index (κ3) is 5.28. The molecule has 0 saturated heterocycles. The van der Waals surface area contributed by atoms with Crippen molar-refractivity contribution in [2.45, 2.75) is 19.9 Å². The summed E-state index contributed by atoms with van der Waals surface area (Å²) in [5, 5.41) is 6.83. The molecule has 138 valence electrons. The van der Waals surface area contributed by atoms with Gasteiger partial charge in [0.05, 0.1) is 0 Å². The van der Waals surface area contributed by atoms with Gasteiger partial charge in [0.2, 0.25) is 0 Å². The Morgan fingerprint density at radius 3 is 2.48 bits per heavy atom. The molecule has 0 atom stereocenters. The normalized spacial score (nSPS) is 10.4. The smallest absolute Gasteiger partial charge is 0.270 e. The summed E-state index contributed by atoms with van der Waals surface area (Å²) in [6.07, 6.45) is 0.865. The van der Waals surface area contributed by atoms with E-state index in [1.54, 1.807) is 6.07 Å². The number of benzene rings is 2. The van der Waals surface area contributed by atoms with Crippen LogP contribution in [0.1, 0.15) is 29.4 Å². The molecule has 6 heteroatoms. The molecule has 0 aliphatic carbocycles. The topological polar surface area (TPSA) is 66.9 Å². The maximum Gasteiger partial charge on any atom is 0.270 e. The molecule has 0 aliphatic rings. The molecule has 3 rings (SSSR count). The monoisotopic (exact) mass is 380 g/mol. The van der Waals surface area contributed by atoms with E-state index in [9.17, 15) is 4.79 Å². The largest absolute Gasteiger partial charge is 0.366 e. The van der Waals surface area contributed by atoms with E-state index in [-0.39, 0.29) is 5.91 Å². The molecular weight excluding hydrogens is 360 g/mol. The second-order valence-electron chi connectivity index (χ2n) is 6.06. The van der Waals surface area contributed by atoms with Crippen LogP contribution < -0.4 is 10.6 Å². The lowest BCUT2D eigenvalue weighted by molar-refractivity contribution is 0.0948. The molecule has 2 aromatic carbocycles. The number of anilines is 1. The van der Waals surface area contributed by atoms with Gasteiger partial charge in [-0.25, -0.2) is 9.97 Å². The molecule has 27 heavy (non-hydrogen) atoms. The third-order valence-electron chi connectivity index (χ3n) is 3.91. The van der Waals surface area contributed by atoms with E-state index in [1.807, 2.05) is 61.5 Å². The van der Waals surface area contributed by atoms with Crippen LogP contribution in [0.4, 0.5) is 5.82 Å². The van der Waals surface area contributed by atoms with Gasteiger partial charge in [-0.2, -0.15) is 0 Å². The quantitative estimate of drug-likeness (QED) is 0.631. The van der Waals surface area contributed by atoms with Crippen molar-refractivity contribution in [3.63, 3.8) is 0 Å². The van der Waals surface area contributed by atoms with E-state index in [0.717, 1.165) is 17.5 Å². The SMILES string of the molecule is CCCNC(=O)c1cc(NCc2ccc(Cl)cc2)nc(-c2ccccc2)n1. The van der Waals surface area contributed by atoms with Gasteiger partial charge in [-0.1, -0.05) is 61.0 Å². The number of carbonyl (C=O) groups excluding carboxylic acids is 1. The van der Waals surface area contributed by atoms with E-state index in [4.69, 9.17) is 11.6 Å². The number of amides is 1. The summed E-state index contributed by atoms with van der Waals surface area (Å²) >= 11 is 5.93. The van der Waals surface area contributed by atoms with E-state index in [2.05, 4.69) is 20.6 Å². The summed E-state index contributed by atoms with van der Waals surface area (Å²) in [4.78, 5) is 21.4. The highest BCUT2D eigenvalue weighted by Crippen LogP contribution is 2.19. The van der Waals surface area contributed by atoms with Gasteiger partial charge in [-0.15, -0.1) is 0 Å². The maximum absolute atomic E-state index is 12.4. The summed E-state index contributed by atoms with van der Waals surface area (Å²) < 4.78 is 0. The van der Waals surface area contributed by atoms with Crippen LogP contribution in [-0.4, -0.2) is 22.4 Å². The standard InChI is InChI=1S/C21H21ClN4O/c1-2-12-23-21(27)18-13-19(24-14-15-8-10-17(22)11-9-15)26-20(25-18)16-6-4-3-5-7-16/h3-11,13H,2,12,14H2,1H3,(H,23,27)(H,24,25,26). The fourth-order valence-electron chi connectivity index (χ4n) is 2.49. The average molecular weight is 381 g/mol. The number of nitrogens with one attached hydrogen (secondary N) is 2. The molecule has 2 N–H and O–H groups in total. The zero-order valence-electron chi connectivity index (χ0n) is 15.1. The molecule has 0 saturated carbocycles. The molecular formula is C21H21ClN4O. The van der Waals surface area contributed by atoms with Crippen molar-refractivity contribution in [1.82, 2.24) is 15.3 Å². The molecule has 3 aromatic rings. The summed E-state index contributed by atoms with van der Waals surface area (Å²) in [7, 11) is 0. The van der Waals surface area contributed by atoms with Gasteiger partial charge in [0.15, 0.2) is 5.82 Å². The Labute approximate surface area is 163 Å². The molecule has 0 fully saturated rings. The third-order valence-corrected chi connectivity index (χ3v) is 4.17. The predicted octanol–water partition coefficient (Wildman–Crippen LogP) is 4.55. The van der Waals surface area contributed by atoms with Gasteiger partial charge in [-0.3, -0.25) is 4.79 Å². The highest BCUT2D eigenvalue weighted by molar-refractivity contribution is 6.30. The lowest BCUT2D eigenvalue weighted by Gasteiger charge is -2.11. The lowest BCUT2D eigenvalue weighted by atomic mass is 10.2. The number of hydrogen-bond donors (Lipinski definition) is 2. The second kappa shape index (κ2) is 9.14. The summed E-state index contributed by atoms with van der Waals surface area (Å²) in [5.74, 6) is 0.907. The Kier molecular flexibility index (Phi) is 6.39. The number of aromatic nitrogens is 2. The van der Waals surface area contributed by atoms with E-state index < -0.39 is 0 Å². The van der Waals surface area contributed by atoms with E-state index in [0.29, 0.717) is 35.4 Å². The van der Waals surface area contributed by atoms with Crippen LogP contribution in [-0.2, 0) is 6.54 Å². The van der Waals surface area contributed by atoms with Gasteiger partial charge in [0.25, 0.3) is 5.91 Å². The van der Waals surface area contributed by atoms with Gasteiger partial charge in [0, 0.05) is 29.7 Å². The lowest BCUT2D eigenvalue weighted by Crippen LogP contribution is -2.25. The number of nitrogens with zero attached hydrogens (tertiary/aromatic N) is 2. The Morgan fingerprint density at radius 1 is 1.04 bits per heavy atom. The van der Waals surface area contributed by atoms with Crippen molar-refractivity contribution >= 4 is 23.3 Å². The van der Waals surface area contributed by atoms with Crippen LogP contribution in [0.5, 0.6) is 0 Å². The predicted molar refractivity (Wildman–Crippen MR) is 109 cm³/mol. The molecule has 0 aliphatic heterocycles. The van der Waals surface area contributed by atoms with Crippen molar-refractivity contribution in [2.24, 2.45) is 0 Å². The minimum absolute atomic E-state index is 0.203. The molecule has 1 aromatic heterocycles. The van der Waals surface area contributed by atoms with Crippen LogP contribution in [0.2, 0.25) is 5.02 Å². The van der Waals surface area contributed by atoms with E-state index >= 15 is 0 Å². The zero-order valence-corrected chi connectivity index (χ0v) is 15.8. The van der Waals surface area contributed by atoms with Gasteiger partial charge in [0.1, 0.15) is 11.5 Å². The first-order chi connectivity index (χ1) is 13.2. The summed E-state index contributed by atoms with van der Waals surface area (Å²) in [5.41, 5.74) is 2.27. The highest BCUT2D eigenvalue weighted by Gasteiger charge is 2.12. The molecule has 1 amide bonds. The fourth-order valence-corrected chi connectivity index (χ4v) is 2.62. The highest BCUT2D eigenvalue weighted by atomic mass is 35.5. The van der Waals surface area contributed by atoms with Gasteiger partial charge < -0.3 is 10.6 Å². The second-order valence-corrected chi connectivity index (χ2v) is 6.50. The van der Waals surface area contributed by atoms with Crippen molar-refractivity contribution in [3.05, 3.63) is 76.9 Å². The minimum Gasteiger partial charge on any atom is -0.366 e. The Bertz CT molecular complexity index is 898. The Morgan fingerprint density at radius 2 is 1.78 bits per heavy atom. The Hall–Kier alpha value is -2.92. The van der Waals surface area contributed by atoms with Crippen molar-refractivity contribution < 1.29 is 4.79 Å². The minimum atomic E-state index is -0.203. The van der Waals surface area contributed by atoms with Crippen LogP contribution in [0.15, 0.2) is 60.7 Å². The first-order valence-corrected chi connectivity index (χ1v) is 9.24. The first-order valence-electron chi connectivity index (χ1n) is 8.86. The fraction of sp³-hybridized carbons (Fsp3) is 0.190. The number of carbonyl (C=O) groups is 1. The van der Waals surface area contributed by atoms with Crippen LogP contribution >= 0.6 is 11.6 Å². The molecule has 0 bridgehead atoms. The van der Waals surface area contributed by atoms with E-state index in [1.165, 1.54) is 0 Å². The average Bonchev–Trinajstić information content (AvgIpc) is 2.72. The van der Waals surface area contributed by atoms with Crippen molar-refractivity contribution in [2.75, 3.05) is 11.9 Å². The van der Waals surface area contributed by atoms with Crippen LogP contribution in [0.25, 0.3) is 11.4 Å². The van der Waals surface area contributed by atoms with Gasteiger partial charge in [-0.05, 0) is 24.1 Å². The van der Waals surface area contributed by atoms with Crippen molar-refractivity contribution in [3.8, 4) is 11.4 Å². The maximum atomic E-state index is 12.4. The summed E-state index contributed by atoms with van der Waals surface area (Å²) in [6, 6.07) is 18.9. The Balaban J connectivity index is 1.87. The van der Waals surface area contributed by atoms with Crippen LogP contribution in [0.3, 0.4) is 0 Å². The van der Waals surface area contributed by atoms with Gasteiger partial charge >= 0.3 is 0 Å². The number of hydrogen-bond acceptors (Lipinski definition) is 4. The molecule has 1 heterocycles. The molecule has 5 nitrogen and oxygen atoms in total. The van der Waals surface area contributed by atoms with Crippen LogP contribution in [0, 0.1) is 0 Å². The molecule has 0 radical (unpaired) electrons.